The van der Waals surface area contributed by atoms with Gasteiger partial charge in [0.15, 0.2) is 18.7 Å². The Morgan fingerprint density at radius 3 is 1.65 bits per heavy atom. The summed E-state index contributed by atoms with van der Waals surface area (Å²) in [6.45, 7) is 1.93. The molecule has 0 aromatic carbocycles. The van der Waals surface area contributed by atoms with E-state index in [9.17, 15) is 45.3 Å². The van der Waals surface area contributed by atoms with Crippen molar-refractivity contribution in [3.63, 3.8) is 0 Å². The zero-order chi connectivity index (χ0) is 35.5. The maximum Gasteiger partial charge on any atom is 0.306 e. The second-order valence-corrected chi connectivity index (χ2v) is 12.7. The zero-order valence-corrected chi connectivity index (χ0v) is 28.5. The third-order valence-corrected chi connectivity index (χ3v) is 8.64. The van der Waals surface area contributed by atoms with Gasteiger partial charge in [-0.05, 0) is 6.42 Å². The molecule has 0 radical (unpaired) electrons. The number of aliphatic hydroxyl groups excluding tert-OH is 7. The molecule has 0 saturated carbocycles. The second kappa shape index (κ2) is 23.8. The Labute approximate surface area is 283 Å². The topological polar surface area (TPSA) is 231 Å². The van der Waals surface area contributed by atoms with Gasteiger partial charge in [0, 0.05) is 12.8 Å². The van der Waals surface area contributed by atoms with Crippen LogP contribution in [0.25, 0.3) is 0 Å². The van der Waals surface area contributed by atoms with E-state index in [1.54, 1.807) is 6.92 Å². The average molecular weight is 697 g/mol. The summed E-state index contributed by atoms with van der Waals surface area (Å²) in [7, 11) is 0. The third kappa shape index (κ3) is 14.8. The van der Waals surface area contributed by atoms with Gasteiger partial charge in [-0.15, -0.1) is 0 Å². The summed E-state index contributed by atoms with van der Waals surface area (Å²) in [4.78, 5) is 24.4. The molecule has 11 unspecified atom stereocenters. The Morgan fingerprint density at radius 2 is 1.10 bits per heavy atom. The SMILES string of the molecule is CCCCCCCCCCCCCCC(=O)OC(COC(=O)CC)COC1OC(COC2OC(CO)C(O)C(O)C2O)C(O)C(O)C1O. The van der Waals surface area contributed by atoms with Crippen molar-refractivity contribution < 1.29 is 73.8 Å². The summed E-state index contributed by atoms with van der Waals surface area (Å²) in [5.41, 5.74) is 0. The highest BCUT2D eigenvalue weighted by molar-refractivity contribution is 5.70. The maximum atomic E-state index is 12.6. The fourth-order valence-corrected chi connectivity index (χ4v) is 5.55. The van der Waals surface area contributed by atoms with Crippen LogP contribution in [-0.4, -0.2) is 142 Å². The van der Waals surface area contributed by atoms with Crippen LogP contribution in [-0.2, 0) is 38.0 Å². The quantitative estimate of drug-likeness (QED) is 0.0541. The number of carbonyl (C=O) groups is 2. The number of hydrogen-bond donors (Lipinski definition) is 7. The fourth-order valence-electron chi connectivity index (χ4n) is 5.55. The summed E-state index contributed by atoms with van der Waals surface area (Å²) in [6.07, 6.45) is -2.71. The molecule has 2 rings (SSSR count). The minimum atomic E-state index is -1.75. The van der Waals surface area contributed by atoms with Gasteiger partial charge < -0.3 is 64.2 Å². The number of unbranched alkanes of at least 4 members (excludes halogenated alkanes) is 11. The summed E-state index contributed by atoms with van der Waals surface area (Å²) in [5, 5.41) is 70.9. The largest absolute Gasteiger partial charge is 0.462 e. The lowest BCUT2D eigenvalue weighted by molar-refractivity contribution is -0.332. The van der Waals surface area contributed by atoms with Crippen molar-refractivity contribution in [2.45, 2.75) is 171 Å². The van der Waals surface area contributed by atoms with Crippen LogP contribution in [0, 0.1) is 0 Å². The lowest BCUT2D eigenvalue weighted by Crippen LogP contribution is -2.61. The summed E-state index contributed by atoms with van der Waals surface area (Å²) in [6, 6.07) is 0. The van der Waals surface area contributed by atoms with E-state index in [1.165, 1.54) is 51.4 Å². The smallest absolute Gasteiger partial charge is 0.306 e. The number of rotatable bonds is 24. The van der Waals surface area contributed by atoms with E-state index in [0.717, 1.165) is 19.3 Å². The van der Waals surface area contributed by atoms with Crippen molar-refractivity contribution in [1.29, 1.82) is 0 Å². The highest BCUT2D eigenvalue weighted by Crippen LogP contribution is 2.26. The molecule has 0 spiro atoms. The Kier molecular flexibility index (Phi) is 21.2. The predicted molar refractivity (Wildman–Crippen MR) is 169 cm³/mol. The molecular weight excluding hydrogens is 636 g/mol. The Hall–Kier alpha value is -1.50. The van der Waals surface area contributed by atoms with Gasteiger partial charge in [-0.1, -0.05) is 84.5 Å². The molecule has 0 aromatic heterocycles. The summed E-state index contributed by atoms with van der Waals surface area (Å²) in [5.74, 6) is -1.02. The first-order chi connectivity index (χ1) is 23.0. The Bertz CT molecular complexity index is 876. The number of carbonyl (C=O) groups excluding carboxylic acids is 2. The number of esters is 2. The first kappa shape index (κ1) is 42.7. The number of aliphatic hydroxyl groups is 7. The van der Waals surface area contributed by atoms with E-state index in [1.807, 2.05) is 0 Å². The van der Waals surface area contributed by atoms with Crippen molar-refractivity contribution >= 4 is 11.9 Å². The molecule has 0 aromatic rings. The van der Waals surface area contributed by atoms with Crippen LogP contribution >= 0.6 is 0 Å². The van der Waals surface area contributed by atoms with Crippen LogP contribution in [0.4, 0.5) is 0 Å². The van der Waals surface area contributed by atoms with Crippen LogP contribution in [0.3, 0.4) is 0 Å². The van der Waals surface area contributed by atoms with Gasteiger partial charge in [-0.3, -0.25) is 9.59 Å². The molecule has 11 atom stereocenters. The number of hydrogen-bond acceptors (Lipinski definition) is 15. The molecule has 282 valence electrons. The van der Waals surface area contributed by atoms with Crippen molar-refractivity contribution in [2.75, 3.05) is 26.4 Å². The van der Waals surface area contributed by atoms with Gasteiger partial charge in [0.1, 0.15) is 55.4 Å². The second-order valence-electron chi connectivity index (χ2n) is 12.7. The van der Waals surface area contributed by atoms with Gasteiger partial charge in [0.2, 0.25) is 0 Å². The minimum absolute atomic E-state index is 0.102. The van der Waals surface area contributed by atoms with E-state index in [4.69, 9.17) is 28.4 Å². The molecule has 2 aliphatic rings. The highest BCUT2D eigenvalue weighted by atomic mass is 16.7. The highest BCUT2D eigenvalue weighted by Gasteiger charge is 2.47. The normalized spacial score (nSPS) is 31.4. The van der Waals surface area contributed by atoms with Gasteiger partial charge in [-0.2, -0.15) is 0 Å². The van der Waals surface area contributed by atoms with Crippen LogP contribution in [0.2, 0.25) is 0 Å². The third-order valence-electron chi connectivity index (χ3n) is 8.64. The average Bonchev–Trinajstić information content (AvgIpc) is 3.08. The van der Waals surface area contributed by atoms with E-state index in [2.05, 4.69) is 6.92 Å². The van der Waals surface area contributed by atoms with E-state index >= 15 is 0 Å². The molecule has 0 amide bonds. The monoisotopic (exact) mass is 696 g/mol. The minimum Gasteiger partial charge on any atom is -0.462 e. The first-order valence-electron chi connectivity index (χ1n) is 17.6. The van der Waals surface area contributed by atoms with Crippen molar-refractivity contribution in [2.24, 2.45) is 0 Å². The fraction of sp³-hybridized carbons (Fsp3) is 0.939. The molecule has 48 heavy (non-hydrogen) atoms. The molecule has 7 N–H and O–H groups in total. The van der Waals surface area contributed by atoms with Gasteiger partial charge in [-0.25, -0.2) is 0 Å². The molecule has 2 heterocycles. The van der Waals surface area contributed by atoms with E-state index in [-0.39, 0.29) is 26.1 Å². The Morgan fingerprint density at radius 1 is 0.604 bits per heavy atom. The molecule has 15 heteroatoms. The summed E-state index contributed by atoms with van der Waals surface area (Å²) >= 11 is 0. The van der Waals surface area contributed by atoms with Crippen molar-refractivity contribution in [3.05, 3.63) is 0 Å². The van der Waals surface area contributed by atoms with Crippen LogP contribution in [0.1, 0.15) is 104 Å². The first-order valence-corrected chi connectivity index (χ1v) is 17.6. The summed E-state index contributed by atoms with van der Waals surface area (Å²) < 4.78 is 32.6. The zero-order valence-electron chi connectivity index (χ0n) is 28.5. The molecular formula is C33H60O15. The van der Waals surface area contributed by atoms with Crippen molar-refractivity contribution in [1.82, 2.24) is 0 Å². The molecule has 0 bridgehead atoms. The maximum absolute atomic E-state index is 12.6. The molecule has 2 aliphatic heterocycles. The molecule has 2 fully saturated rings. The lowest BCUT2D eigenvalue weighted by Gasteiger charge is -2.42. The van der Waals surface area contributed by atoms with E-state index < -0.39 is 92.7 Å². The lowest BCUT2D eigenvalue weighted by atomic mass is 9.98. The molecule has 0 aliphatic carbocycles. The van der Waals surface area contributed by atoms with Crippen molar-refractivity contribution in [3.8, 4) is 0 Å². The van der Waals surface area contributed by atoms with Gasteiger partial charge >= 0.3 is 11.9 Å². The number of ether oxygens (including phenoxy) is 6. The van der Waals surface area contributed by atoms with Gasteiger partial charge in [0.25, 0.3) is 0 Å². The molecule has 2 saturated heterocycles. The van der Waals surface area contributed by atoms with Crippen LogP contribution < -0.4 is 0 Å². The van der Waals surface area contributed by atoms with Crippen LogP contribution in [0.5, 0.6) is 0 Å². The Balaban J connectivity index is 1.81. The molecule has 15 nitrogen and oxygen atoms in total. The van der Waals surface area contributed by atoms with Crippen LogP contribution in [0.15, 0.2) is 0 Å². The standard InChI is InChI=1S/C33H60O15/c1-3-5-6-7-8-9-10-11-12-13-14-15-16-25(36)46-21(18-43-24(35)4-2)19-44-32-31(42)29(40)27(38)23(48-32)20-45-33-30(41)28(39)26(37)22(17-34)47-33/h21-23,26-34,37-42H,3-20H2,1-2H3. The predicted octanol–water partition coefficient (Wildman–Crippen LogP) is 0.583. The van der Waals surface area contributed by atoms with E-state index in [0.29, 0.717) is 6.42 Å². The van der Waals surface area contributed by atoms with Gasteiger partial charge in [0.05, 0.1) is 19.8 Å².